The SMILES string of the molecule is CN(Cc1ccccc1)CC(O)c1ccc(F)c(F)c1. The fraction of sp³-hybridized carbons (Fsp3) is 0.250. The van der Waals surface area contributed by atoms with Gasteiger partial charge in [-0.3, -0.25) is 4.90 Å². The van der Waals surface area contributed by atoms with Gasteiger partial charge in [-0.2, -0.15) is 0 Å². The molecular formula is C16H17F2NO. The van der Waals surface area contributed by atoms with E-state index in [4.69, 9.17) is 0 Å². The molecule has 2 rings (SSSR count). The van der Waals surface area contributed by atoms with Crippen molar-refractivity contribution >= 4 is 0 Å². The summed E-state index contributed by atoms with van der Waals surface area (Å²) in [5.74, 6) is -1.84. The normalized spacial score (nSPS) is 12.7. The van der Waals surface area contributed by atoms with Crippen LogP contribution in [0.3, 0.4) is 0 Å². The number of aliphatic hydroxyl groups is 1. The summed E-state index contributed by atoms with van der Waals surface area (Å²) in [6.45, 7) is 1.03. The molecule has 2 aromatic rings. The lowest BCUT2D eigenvalue weighted by molar-refractivity contribution is 0.123. The molecule has 0 aliphatic heterocycles. The van der Waals surface area contributed by atoms with Crippen LogP contribution >= 0.6 is 0 Å². The molecular weight excluding hydrogens is 260 g/mol. The maximum atomic E-state index is 13.1. The first-order chi connectivity index (χ1) is 9.56. The molecule has 0 spiro atoms. The van der Waals surface area contributed by atoms with Crippen molar-refractivity contribution in [3.8, 4) is 0 Å². The van der Waals surface area contributed by atoms with Crippen LogP contribution in [0.25, 0.3) is 0 Å². The number of likely N-dealkylation sites (N-methyl/N-ethyl adjacent to an activating group) is 1. The summed E-state index contributed by atoms with van der Waals surface area (Å²) in [6.07, 6.45) is -0.848. The van der Waals surface area contributed by atoms with E-state index in [1.54, 1.807) is 0 Å². The van der Waals surface area contributed by atoms with Crippen LogP contribution in [0.1, 0.15) is 17.2 Å². The molecule has 1 atom stereocenters. The second kappa shape index (κ2) is 6.59. The summed E-state index contributed by atoms with van der Waals surface area (Å²) >= 11 is 0. The predicted octanol–water partition coefficient (Wildman–Crippen LogP) is 3.13. The van der Waals surface area contributed by atoms with E-state index in [0.29, 0.717) is 18.7 Å². The van der Waals surface area contributed by atoms with Gasteiger partial charge in [0.25, 0.3) is 0 Å². The molecule has 4 heteroatoms. The summed E-state index contributed by atoms with van der Waals surface area (Å²) in [4.78, 5) is 1.93. The van der Waals surface area contributed by atoms with Crippen LogP contribution in [-0.2, 0) is 6.54 Å². The second-order valence-electron chi connectivity index (χ2n) is 4.87. The highest BCUT2D eigenvalue weighted by Crippen LogP contribution is 2.17. The van der Waals surface area contributed by atoms with Gasteiger partial charge in [-0.05, 0) is 30.3 Å². The third-order valence-electron chi connectivity index (χ3n) is 3.11. The molecule has 0 bridgehead atoms. The Hall–Kier alpha value is -1.78. The number of aliphatic hydroxyl groups excluding tert-OH is 1. The lowest BCUT2D eigenvalue weighted by Gasteiger charge is -2.21. The van der Waals surface area contributed by atoms with Crippen molar-refractivity contribution in [3.05, 3.63) is 71.3 Å². The van der Waals surface area contributed by atoms with Crippen molar-refractivity contribution < 1.29 is 13.9 Å². The van der Waals surface area contributed by atoms with Crippen LogP contribution in [0.2, 0.25) is 0 Å². The van der Waals surface area contributed by atoms with Crippen LogP contribution in [0, 0.1) is 11.6 Å². The Balaban J connectivity index is 1.96. The second-order valence-corrected chi connectivity index (χ2v) is 4.87. The minimum atomic E-state index is -0.938. The average molecular weight is 277 g/mol. The molecule has 0 radical (unpaired) electrons. The van der Waals surface area contributed by atoms with Crippen LogP contribution < -0.4 is 0 Å². The highest BCUT2D eigenvalue weighted by atomic mass is 19.2. The molecule has 2 nitrogen and oxygen atoms in total. The minimum Gasteiger partial charge on any atom is -0.387 e. The third kappa shape index (κ3) is 3.85. The molecule has 0 amide bonds. The maximum Gasteiger partial charge on any atom is 0.159 e. The lowest BCUT2D eigenvalue weighted by atomic mass is 10.1. The van der Waals surface area contributed by atoms with E-state index < -0.39 is 17.7 Å². The van der Waals surface area contributed by atoms with E-state index in [9.17, 15) is 13.9 Å². The Labute approximate surface area is 117 Å². The fourth-order valence-electron chi connectivity index (χ4n) is 2.08. The van der Waals surface area contributed by atoms with E-state index in [0.717, 1.165) is 17.7 Å². The highest BCUT2D eigenvalue weighted by molar-refractivity contribution is 5.20. The highest BCUT2D eigenvalue weighted by Gasteiger charge is 2.13. The molecule has 0 aliphatic rings. The summed E-state index contributed by atoms with van der Waals surface area (Å²) < 4.78 is 26.0. The van der Waals surface area contributed by atoms with Gasteiger partial charge in [-0.15, -0.1) is 0 Å². The van der Waals surface area contributed by atoms with Crippen LogP contribution in [0.4, 0.5) is 8.78 Å². The molecule has 1 unspecified atom stereocenters. The number of hydrogen-bond donors (Lipinski definition) is 1. The Morgan fingerprint density at radius 3 is 2.40 bits per heavy atom. The Morgan fingerprint density at radius 1 is 1.05 bits per heavy atom. The molecule has 0 aliphatic carbocycles. The van der Waals surface area contributed by atoms with E-state index in [-0.39, 0.29) is 0 Å². The van der Waals surface area contributed by atoms with Crippen molar-refractivity contribution in [1.29, 1.82) is 0 Å². The molecule has 0 aromatic heterocycles. The zero-order chi connectivity index (χ0) is 14.5. The molecule has 1 N–H and O–H groups in total. The van der Waals surface area contributed by atoms with Gasteiger partial charge in [-0.25, -0.2) is 8.78 Å². The molecule has 106 valence electrons. The summed E-state index contributed by atoms with van der Waals surface area (Å²) in [5.41, 5.74) is 1.51. The summed E-state index contributed by atoms with van der Waals surface area (Å²) in [6, 6.07) is 13.3. The van der Waals surface area contributed by atoms with Gasteiger partial charge in [-0.1, -0.05) is 36.4 Å². The number of rotatable bonds is 5. The Kier molecular flexibility index (Phi) is 4.82. The van der Waals surface area contributed by atoms with E-state index in [1.807, 2.05) is 42.3 Å². The number of halogens is 2. The molecule has 0 heterocycles. The smallest absolute Gasteiger partial charge is 0.159 e. The van der Waals surface area contributed by atoms with Crippen molar-refractivity contribution in [3.63, 3.8) is 0 Å². The van der Waals surface area contributed by atoms with E-state index >= 15 is 0 Å². The monoisotopic (exact) mass is 277 g/mol. The average Bonchev–Trinajstić information content (AvgIpc) is 2.42. The first-order valence-corrected chi connectivity index (χ1v) is 6.42. The van der Waals surface area contributed by atoms with Gasteiger partial charge in [0.05, 0.1) is 6.10 Å². The summed E-state index contributed by atoms with van der Waals surface area (Å²) in [5, 5.41) is 10.1. The maximum absolute atomic E-state index is 13.1. The lowest BCUT2D eigenvalue weighted by Crippen LogP contribution is -2.24. The Bertz CT molecular complexity index is 560. The van der Waals surface area contributed by atoms with Crippen LogP contribution in [0.15, 0.2) is 48.5 Å². The minimum absolute atomic E-state index is 0.347. The molecule has 0 fully saturated rings. The standard InChI is InChI=1S/C16H17F2NO/c1-19(10-12-5-3-2-4-6-12)11-16(20)13-7-8-14(17)15(18)9-13/h2-9,16,20H,10-11H2,1H3. The Morgan fingerprint density at radius 2 is 1.75 bits per heavy atom. The summed E-state index contributed by atoms with van der Waals surface area (Å²) in [7, 11) is 1.87. The van der Waals surface area contributed by atoms with Crippen molar-refractivity contribution in [2.24, 2.45) is 0 Å². The quantitative estimate of drug-likeness (QED) is 0.907. The van der Waals surface area contributed by atoms with Crippen molar-refractivity contribution in [1.82, 2.24) is 4.90 Å². The van der Waals surface area contributed by atoms with Gasteiger partial charge in [0.1, 0.15) is 0 Å². The molecule has 0 saturated heterocycles. The molecule has 0 saturated carbocycles. The fourth-order valence-corrected chi connectivity index (χ4v) is 2.08. The number of nitrogens with zero attached hydrogens (tertiary/aromatic N) is 1. The predicted molar refractivity (Wildman–Crippen MR) is 74.1 cm³/mol. The van der Waals surface area contributed by atoms with Gasteiger partial charge in [0.15, 0.2) is 11.6 Å². The van der Waals surface area contributed by atoms with Gasteiger partial charge >= 0.3 is 0 Å². The first-order valence-electron chi connectivity index (χ1n) is 6.42. The van der Waals surface area contributed by atoms with Crippen LogP contribution in [0.5, 0.6) is 0 Å². The van der Waals surface area contributed by atoms with Gasteiger partial charge in [0, 0.05) is 13.1 Å². The topological polar surface area (TPSA) is 23.5 Å². The van der Waals surface area contributed by atoms with Crippen LogP contribution in [-0.4, -0.2) is 23.6 Å². The number of benzene rings is 2. The van der Waals surface area contributed by atoms with E-state index in [1.165, 1.54) is 6.07 Å². The van der Waals surface area contributed by atoms with Crippen molar-refractivity contribution in [2.75, 3.05) is 13.6 Å². The third-order valence-corrected chi connectivity index (χ3v) is 3.11. The zero-order valence-corrected chi connectivity index (χ0v) is 11.3. The zero-order valence-electron chi connectivity index (χ0n) is 11.3. The molecule has 2 aromatic carbocycles. The number of hydrogen-bond acceptors (Lipinski definition) is 2. The molecule has 20 heavy (non-hydrogen) atoms. The van der Waals surface area contributed by atoms with Gasteiger partial charge < -0.3 is 5.11 Å². The van der Waals surface area contributed by atoms with Gasteiger partial charge in [0.2, 0.25) is 0 Å². The van der Waals surface area contributed by atoms with E-state index in [2.05, 4.69) is 0 Å². The first kappa shape index (κ1) is 14.6. The largest absolute Gasteiger partial charge is 0.387 e. The van der Waals surface area contributed by atoms with Crippen molar-refractivity contribution in [2.45, 2.75) is 12.6 Å².